The molecule has 0 atom stereocenters. The third kappa shape index (κ3) is 4.13. The molecule has 0 aromatic heterocycles. The molecule has 0 spiro atoms. The van der Waals surface area contributed by atoms with Crippen molar-refractivity contribution in [3.8, 4) is 5.75 Å². The molecule has 2 aromatic rings. The van der Waals surface area contributed by atoms with E-state index in [4.69, 9.17) is 9.73 Å². The Bertz CT molecular complexity index is 1090. The van der Waals surface area contributed by atoms with Gasteiger partial charge in [0.05, 0.1) is 23.1 Å². The van der Waals surface area contributed by atoms with E-state index in [1.165, 1.54) is 28.0 Å². The summed E-state index contributed by atoms with van der Waals surface area (Å²) in [6.45, 7) is 7.77. The lowest BCUT2D eigenvalue weighted by molar-refractivity contribution is 0.234. The molecule has 0 fully saturated rings. The Morgan fingerprint density at radius 1 is 1.25 bits per heavy atom. The van der Waals surface area contributed by atoms with Gasteiger partial charge in [-0.25, -0.2) is 5.01 Å². The number of amides is 1. The number of carbonyl (C=O) groups excluding carboxylic acids is 1. The van der Waals surface area contributed by atoms with Gasteiger partial charge in [-0.2, -0.15) is 5.10 Å². The van der Waals surface area contributed by atoms with Gasteiger partial charge in [0.15, 0.2) is 0 Å². The topological polar surface area (TPSA) is 57.5 Å². The average molecular weight is 451 g/mol. The molecule has 0 N–H and O–H groups in total. The highest BCUT2D eigenvalue weighted by Crippen LogP contribution is 2.37. The molecule has 4 rings (SSSR count). The van der Waals surface area contributed by atoms with Crippen LogP contribution in [0.2, 0.25) is 0 Å². The molecule has 2 heterocycles. The van der Waals surface area contributed by atoms with Crippen LogP contribution in [0.25, 0.3) is 0 Å². The van der Waals surface area contributed by atoms with E-state index in [2.05, 4.69) is 55.0 Å². The summed E-state index contributed by atoms with van der Waals surface area (Å²) in [6.07, 6.45) is 2.04. The molecule has 1 amide bonds. The molecule has 6 nitrogen and oxygen atoms in total. The van der Waals surface area contributed by atoms with Crippen LogP contribution >= 0.6 is 11.8 Å². The van der Waals surface area contributed by atoms with Gasteiger partial charge in [0, 0.05) is 25.8 Å². The maximum Gasteiger partial charge on any atom is 0.302 e. The minimum atomic E-state index is -0.377. The first-order chi connectivity index (χ1) is 15.4. The van der Waals surface area contributed by atoms with Gasteiger partial charge >= 0.3 is 5.24 Å². The number of carbonyl (C=O) groups is 1. The highest BCUT2D eigenvalue weighted by molar-refractivity contribution is 8.15. The SMILES string of the molecule is CC/N=C(/c1ccccc1OC)N1CCCc2cc(C3=NN(C)C(=O)SC3(C)C)ccc21. The van der Waals surface area contributed by atoms with Crippen molar-refractivity contribution >= 4 is 34.2 Å². The van der Waals surface area contributed by atoms with Crippen molar-refractivity contribution in [1.82, 2.24) is 5.01 Å². The molecule has 168 valence electrons. The first kappa shape index (κ1) is 22.4. The first-order valence-corrected chi connectivity index (χ1v) is 11.8. The fraction of sp³-hybridized carbons (Fsp3) is 0.400. The molecule has 0 aliphatic carbocycles. The maximum atomic E-state index is 12.1. The molecule has 2 aliphatic rings. The quantitative estimate of drug-likeness (QED) is 0.475. The molecule has 32 heavy (non-hydrogen) atoms. The molecule has 2 aliphatic heterocycles. The number of para-hydroxylation sites is 1. The predicted octanol–water partition coefficient (Wildman–Crippen LogP) is 5.20. The van der Waals surface area contributed by atoms with Crippen LogP contribution in [0.1, 0.15) is 43.9 Å². The summed E-state index contributed by atoms with van der Waals surface area (Å²) in [5, 5.41) is 6.02. The van der Waals surface area contributed by atoms with E-state index < -0.39 is 0 Å². The molecule has 0 bridgehead atoms. The third-order valence-corrected chi connectivity index (χ3v) is 6.95. The molecular formula is C25H30N4O2S. The second kappa shape index (κ2) is 8.98. The molecule has 7 heteroatoms. The molecule has 0 saturated carbocycles. The Morgan fingerprint density at radius 3 is 2.78 bits per heavy atom. The highest BCUT2D eigenvalue weighted by atomic mass is 32.2. The zero-order valence-electron chi connectivity index (χ0n) is 19.4. The Balaban J connectivity index is 1.76. The fourth-order valence-corrected chi connectivity index (χ4v) is 5.17. The second-order valence-electron chi connectivity index (χ2n) is 8.45. The van der Waals surface area contributed by atoms with Crippen molar-refractivity contribution in [1.29, 1.82) is 0 Å². The number of benzene rings is 2. The summed E-state index contributed by atoms with van der Waals surface area (Å²) in [6, 6.07) is 14.6. The van der Waals surface area contributed by atoms with E-state index in [1.54, 1.807) is 14.2 Å². The van der Waals surface area contributed by atoms with E-state index >= 15 is 0 Å². The number of nitrogens with zero attached hydrogens (tertiary/aromatic N) is 4. The van der Waals surface area contributed by atoms with Crippen LogP contribution < -0.4 is 9.64 Å². The Kier molecular flexibility index (Phi) is 6.29. The Morgan fingerprint density at radius 2 is 2.03 bits per heavy atom. The number of anilines is 1. The number of fused-ring (bicyclic) bond motifs is 1. The van der Waals surface area contributed by atoms with Crippen molar-refractivity contribution < 1.29 is 9.53 Å². The predicted molar refractivity (Wildman–Crippen MR) is 134 cm³/mol. The van der Waals surface area contributed by atoms with Crippen LogP contribution in [-0.4, -0.2) is 53.8 Å². The van der Waals surface area contributed by atoms with Crippen molar-refractivity contribution in [3.63, 3.8) is 0 Å². The summed E-state index contributed by atoms with van der Waals surface area (Å²) in [5.41, 5.74) is 5.44. The number of aliphatic imine (C=N–C) groups is 1. The number of amidine groups is 1. The molecule has 0 unspecified atom stereocenters. The first-order valence-electron chi connectivity index (χ1n) is 11.0. The smallest absolute Gasteiger partial charge is 0.302 e. The van der Waals surface area contributed by atoms with Crippen LogP contribution in [0, 0.1) is 0 Å². The lowest BCUT2D eigenvalue weighted by Crippen LogP contribution is -2.40. The maximum absolute atomic E-state index is 12.1. The van der Waals surface area contributed by atoms with E-state index in [1.807, 2.05) is 18.2 Å². The van der Waals surface area contributed by atoms with Crippen LogP contribution in [0.5, 0.6) is 5.75 Å². The fourth-order valence-electron chi connectivity index (χ4n) is 4.31. The van der Waals surface area contributed by atoms with E-state index in [9.17, 15) is 4.79 Å². The normalized spacial score (nSPS) is 18.3. The van der Waals surface area contributed by atoms with Gasteiger partial charge in [0.25, 0.3) is 0 Å². The number of thioether (sulfide) groups is 1. The largest absolute Gasteiger partial charge is 0.496 e. The molecule has 2 aromatic carbocycles. The van der Waals surface area contributed by atoms with Crippen LogP contribution in [0.15, 0.2) is 52.6 Å². The number of methoxy groups -OCH3 is 1. The molecule has 0 radical (unpaired) electrons. The number of hydrogen-bond donors (Lipinski definition) is 0. The highest BCUT2D eigenvalue weighted by Gasteiger charge is 2.37. The zero-order valence-corrected chi connectivity index (χ0v) is 20.2. The lowest BCUT2D eigenvalue weighted by Gasteiger charge is -2.35. The Labute approximate surface area is 194 Å². The average Bonchev–Trinajstić information content (AvgIpc) is 2.79. The van der Waals surface area contributed by atoms with Crippen LogP contribution in [0.4, 0.5) is 10.5 Å². The van der Waals surface area contributed by atoms with E-state index in [0.29, 0.717) is 6.54 Å². The standard InChI is InChI=1S/C25H30N4O2S/c1-6-26-23(19-11-7-8-12-21(19)31-5)29-15-9-10-17-16-18(13-14-20(17)29)22-25(2,3)32-24(30)28(4)27-22/h7-8,11-14,16H,6,9-10,15H2,1-5H3/b26-23-. The summed E-state index contributed by atoms with van der Waals surface area (Å²) in [5.74, 6) is 1.77. The molecule has 0 saturated heterocycles. The van der Waals surface area contributed by atoms with Crippen molar-refractivity contribution in [3.05, 3.63) is 59.2 Å². The number of hydrazone groups is 1. The van der Waals surface area contributed by atoms with Crippen molar-refractivity contribution in [2.24, 2.45) is 10.1 Å². The number of ether oxygens (including phenoxy) is 1. The van der Waals surface area contributed by atoms with Crippen molar-refractivity contribution in [2.75, 3.05) is 32.1 Å². The number of hydrogen-bond acceptors (Lipinski definition) is 5. The van der Waals surface area contributed by atoms with E-state index in [0.717, 1.165) is 47.8 Å². The van der Waals surface area contributed by atoms with Gasteiger partial charge in [0.1, 0.15) is 11.6 Å². The molecular weight excluding hydrogens is 420 g/mol. The van der Waals surface area contributed by atoms with Crippen LogP contribution in [0.3, 0.4) is 0 Å². The number of aryl methyl sites for hydroxylation is 1. The summed E-state index contributed by atoms with van der Waals surface area (Å²) in [4.78, 5) is 19.3. The monoisotopic (exact) mass is 450 g/mol. The minimum Gasteiger partial charge on any atom is -0.496 e. The number of rotatable bonds is 4. The van der Waals surface area contributed by atoms with Crippen molar-refractivity contribution in [2.45, 2.75) is 38.4 Å². The minimum absolute atomic E-state index is 0.0277. The van der Waals surface area contributed by atoms with E-state index in [-0.39, 0.29) is 9.99 Å². The zero-order chi connectivity index (χ0) is 22.9. The van der Waals surface area contributed by atoms with Gasteiger partial charge in [-0.15, -0.1) is 0 Å². The van der Waals surface area contributed by atoms with Crippen LogP contribution in [-0.2, 0) is 6.42 Å². The van der Waals surface area contributed by atoms with Gasteiger partial charge < -0.3 is 9.64 Å². The third-order valence-electron chi connectivity index (χ3n) is 5.81. The van der Waals surface area contributed by atoms with Gasteiger partial charge in [0.2, 0.25) is 0 Å². The van der Waals surface area contributed by atoms with Gasteiger partial charge in [-0.1, -0.05) is 30.0 Å². The lowest BCUT2D eigenvalue weighted by atomic mass is 9.93. The summed E-state index contributed by atoms with van der Waals surface area (Å²) < 4.78 is 5.26. The summed E-state index contributed by atoms with van der Waals surface area (Å²) in [7, 11) is 3.41. The van der Waals surface area contributed by atoms with Gasteiger partial charge in [-0.3, -0.25) is 9.79 Å². The Hall–Kier alpha value is -2.80. The summed E-state index contributed by atoms with van der Waals surface area (Å²) >= 11 is 1.32. The second-order valence-corrected chi connectivity index (χ2v) is 10.0. The van der Waals surface area contributed by atoms with Gasteiger partial charge in [-0.05, 0) is 69.0 Å².